The standard InChI is InChI=1S/C43H51N3O3S/c1-49-40-16-13-35(14-17-40)15-18-42(47)46(28-23-41-12-5-29-50-41)32-36-8-3-9-37(30-36)38-10-4-11-39(31-38)43(48)45-26-21-34(22-27-45)7-2-6-33-19-24-44-25-20-33/h3-5,8-18,29-31,33-34,44H,2,6-7,19-28,32H2,1H3/b18-15+. The lowest BCUT2D eigenvalue weighted by Crippen LogP contribution is -2.38. The molecular weight excluding hydrogens is 639 g/mol. The third kappa shape index (κ3) is 10.2. The molecule has 2 amide bonds. The van der Waals surface area contributed by atoms with E-state index in [2.05, 4.69) is 52.0 Å². The molecular formula is C43H51N3O3S. The van der Waals surface area contributed by atoms with Crippen LogP contribution in [0.3, 0.4) is 0 Å². The van der Waals surface area contributed by atoms with Crippen molar-refractivity contribution >= 4 is 29.2 Å². The lowest BCUT2D eigenvalue weighted by Gasteiger charge is -2.32. The predicted molar refractivity (Wildman–Crippen MR) is 205 cm³/mol. The highest BCUT2D eigenvalue weighted by molar-refractivity contribution is 7.09. The van der Waals surface area contributed by atoms with Gasteiger partial charge in [0.2, 0.25) is 5.91 Å². The van der Waals surface area contributed by atoms with Crippen LogP contribution in [0.1, 0.15) is 71.3 Å². The number of piperidine rings is 2. The zero-order chi connectivity index (χ0) is 34.5. The third-order valence-electron chi connectivity index (χ3n) is 10.4. The van der Waals surface area contributed by atoms with Gasteiger partial charge in [0.15, 0.2) is 0 Å². The van der Waals surface area contributed by atoms with E-state index in [1.807, 2.05) is 59.5 Å². The van der Waals surface area contributed by atoms with E-state index in [0.717, 1.165) is 77.8 Å². The highest BCUT2D eigenvalue weighted by Crippen LogP contribution is 2.28. The molecule has 262 valence electrons. The average molecular weight is 690 g/mol. The summed E-state index contributed by atoms with van der Waals surface area (Å²) in [6.07, 6.45) is 13.2. The maximum atomic E-state index is 13.6. The van der Waals surface area contributed by atoms with E-state index in [1.54, 1.807) is 24.5 Å². The molecule has 2 aliphatic heterocycles. The smallest absolute Gasteiger partial charge is 0.253 e. The largest absolute Gasteiger partial charge is 0.497 e. The van der Waals surface area contributed by atoms with Crippen molar-refractivity contribution < 1.29 is 14.3 Å². The van der Waals surface area contributed by atoms with Crippen molar-refractivity contribution in [3.63, 3.8) is 0 Å². The molecule has 0 saturated carbocycles. The summed E-state index contributed by atoms with van der Waals surface area (Å²) in [6.45, 7) is 5.17. The first-order valence-electron chi connectivity index (χ1n) is 18.4. The van der Waals surface area contributed by atoms with Gasteiger partial charge < -0.3 is 19.9 Å². The highest BCUT2D eigenvalue weighted by Gasteiger charge is 2.24. The van der Waals surface area contributed by atoms with Crippen LogP contribution in [-0.2, 0) is 17.8 Å². The number of rotatable bonds is 14. The van der Waals surface area contributed by atoms with Crippen LogP contribution in [-0.4, -0.2) is 61.4 Å². The van der Waals surface area contributed by atoms with Crippen molar-refractivity contribution in [2.75, 3.05) is 39.8 Å². The summed E-state index contributed by atoms with van der Waals surface area (Å²) < 4.78 is 5.26. The SMILES string of the molecule is COc1ccc(/C=C/C(=O)N(CCc2cccs2)Cc2cccc(-c3cccc(C(=O)N4CCC(CCCC5CCNCC5)CC4)c3)c2)cc1. The zero-order valence-corrected chi connectivity index (χ0v) is 30.2. The van der Waals surface area contributed by atoms with Gasteiger partial charge in [0.25, 0.3) is 5.91 Å². The molecule has 7 heteroatoms. The Labute approximate surface area is 302 Å². The number of hydrogen-bond acceptors (Lipinski definition) is 5. The number of likely N-dealkylation sites (tertiary alicyclic amines) is 1. The number of nitrogens with one attached hydrogen (secondary N) is 1. The quantitative estimate of drug-likeness (QED) is 0.135. The van der Waals surface area contributed by atoms with Crippen LogP contribution in [0.15, 0.2) is 96.4 Å². The Balaban J connectivity index is 1.07. The summed E-state index contributed by atoms with van der Waals surface area (Å²) in [7, 11) is 1.65. The van der Waals surface area contributed by atoms with Crippen LogP contribution >= 0.6 is 11.3 Å². The number of nitrogens with zero attached hydrogens (tertiary/aromatic N) is 2. The van der Waals surface area contributed by atoms with Crippen LogP contribution < -0.4 is 10.1 Å². The molecule has 2 fully saturated rings. The van der Waals surface area contributed by atoms with Crippen molar-refractivity contribution in [3.8, 4) is 16.9 Å². The van der Waals surface area contributed by atoms with Gasteiger partial charge in [-0.1, -0.05) is 67.8 Å². The number of ether oxygens (including phenoxy) is 1. The van der Waals surface area contributed by atoms with E-state index in [-0.39, 0.29) is 11.8 Å². The minimum Gasteiger partial charge on any atom is -0.497 e. The van der Waals surface area contributed by atoms with Crippen LogP contribution in [0.5, 0.6) is 5.75 Å². The van der Waals surface area contributed by atoms with E-state index in [9.17, 15) is 9.59 Å². The number of carbonyl (C=O) groups is 2. The van der Waals surface area contributed by atoms with Crippen LogP contribution in [0.2, 0.25) is 0 Å². The van der Waals surface area contributed by atoms with Gasteiger partial charge in [-0.3, -0.25) is 9.59 Å². The summed E-state index contributed by atoms with van der Waals surface area (Å²) in [6, 6.07) is 28.3. The number of thiophene rings is 1. The molecule has 0 radical (unpaired) electrons. The van der Waals surface area contributed by atoms with Crippen LogP contribution in [0.25, 0.3) is 17.2 Å². The lowest BCUT2D eigenvalue weighted by atomic mass is 9.87. The molecule has 3 aromatic carbocycles. The Morgan fingerprint density at radius 1 is 0.880 bits per heavy atom. The number of methoxy groups -OCH3 is 1. The molecule has 6 nitrogen and oxygen atoms in total. The van der Waals surface area contributed by atoms with Crippen molar-refractivity contribution in [2.24, 2.45) is 11.8 Å². The van der Waals surface area contributed by atoms with Crippen LogP contribution in [0, 0.1) is 11.8 Å². The second-order valence-corrected chi connectivity index (χ2v) is 14.9. The Hall–Kier alpha value is -4.20. The minimum absolute atomic E-state index is 0.0269. The monoisotopic (exact) mass is 689 g/mol. The molecule has 0 bridgehead atoms. The molecule has 2 aliphatic rings. The topological polar surface area (TPSA) is 61.9 Å². The lowest BCUT2D eigenvalue weighted by molar-refractivity contribution is -0.126. The Bertz CT molecular complexity index is 1690. The average Bonchev–Trinajstić information content (AvgIpc) is 3.70. The fraction of sp³-hybridized carbons (Fsp3) is 0.395. The van der Waals surface area contributed by atoms with Gasteiger partial charge in [-0.2, -0.15) is 0 Å². The molecule has 0 spiro atoms. The maximum absolute atomic E-state index is 13.6. The van der Waals surface area contributed by atoms with Gasteiger partial charge in [-0.25, -0.2) is 0 Å². The molecule has 0 unspecified atom stereocenters. The second-order valence-electron chi connectivity index (χ2n) is 13.8. The van der Waals surface area contributed by atoms with Crippen molar-refractivity contribution in [3.05, 3.63) is 118 Å². The van der Waals surface area contributed by atoms with E-state index >= 15 is 0 Å². The number of hydrogen-bond donors (Lipinski definition) is 1. The minimum atomic E-state index is -0.0269. The maximum Gasteiger partial charge on any atom is 0.253 e. The molecule has 2 saturated heterocycles. The Kier molecular flexibility index (Phi) is 12.9. The molecule has 1 aromatic heterocycles. The molecule has 6 rings (SSSR count). The molecule has 3 heterocycles. The van der Waals surface area contributed by atoms with Gasteiger partial charge in [0.05, 0.1) is 7.11 Å². The van der Waals surface area contributed by atoms with Gasteiger partial charge in [0, 0.05) is 42.7 Å². The van der Waals surface area contributed by atoms with Gasteiger partial charge in [0.1, 0.15) is 5.75 Å². The zero-order valence-electron chi connectivity index (χ0n) is 29.4. The Morgan fingerprint density at radius 2 is 1.60 bits per heavy atom. The predicted octanol–water partition coefficient (Wildman–Crippen LogP) is 8.73. The first-order chi connectivity index (χ1) is 24.5. The number of benzene rings is 3. The van der Waals surface area contributed by atoms with E-state index in [0.29, 0.717) is 13.1 Å². The molecule has 50 heavy (non-hydrogen) atoms. The summed E-state index contributed by atoms with van der Waals surface area (Å²) in [5.41, 5.74) is 4.80. The van der Waals surface area contributed by atoms with Crippen molar-refractivity contribution in [1.82, 2.24) is 15.1 Å². The molecule has 0 aliphatic carbocycles. The fourth-order valence-corrected chi connectivity index (χ4v) is 8.03. The van der Waals surface area contributed by atoms with Gasteiger partial charge in [-0.05, 0) is 127 Å². The van der Waals surface area contributed by atoms with E-state index in [1.165, 1.54) is 50.1 Å². The first-order valence-corrected chi connectivity index (χ1v) is 19.2. The molecule has 4 aromatic rings. The normalized spacial score (nSPS) is 15.7. The summed E-state index contributed by atoms with van der Waals surface area (Å²) in [4.78, 5) is 32.4. The summed E-state index contributed by atoms with van der Waals surface area (Å²) >= 11 is 1.72. The van der Waals surface area contributed by atoms with E-state index < -0.39 is 0 Å². The third-order valence-corrected chi connectivity index (χ3v) is 11.3. The van der Waals surface area contributed by atoms with Gasteiger partial charge in [-0.15, -0.1) is 11.3 Å². The van der Waals surface area contributed by atoms with Gasteiger partial charge >= 0.3 is 0 Å². The summed E-state index contributed by atoms with van der Waals surface area (Å²) in [5, 5.41) is 5.55. The highest BCUT2D eigenvalue weighted by atomic mass is 32.1. The first kappa shape index (κ1) is 35.6. The number of amides is 2. The second kappa shape index (κ2) is 18.2. The van der Waals surface area contributed by atoms with E-state index in [4.69, 9.17) is 4.74 Å². The van der Waals surface area contributed by atoms with Crippen LogP contribution in [0.4, 0.5) is 0 Å². The van der Waals surface area contributed by atoms with Crippen molar-refractivity contribution in [2.45, 2.75) is 57.9 Å². The summed E-state index contributed by atoms with van der Waals surface area (Å²) in [5.74, 6) is 2.53. The fourth-order valence-electron chi connectivity index (χ4n) is 7.33. The Morgan fingerprint density at radius 3 is 2.32 bits per heavy atom. The molecule has 0 atom stereocenters. The van der Waals surface area contributed by atoms with Crippen molar-refractivity contribution in [1.29, 1.82) is 0 Å². The molecule has 1 N–H and O–H groups in total. The number of carbonyl (C=O) groups excluding carboxylic acids is 2.